The number of fused-ring (bicyclic) bond motifs is 1. The van der Waals surface area contributed by atoms with Gasteiger partial charge >= 0.3 is 0 Å². The van der Waals surface area contributed by atoms with E-state index in [0.29, 0.717) is 34.2 Å². The van der Waals surface area contributed by atoms with Crippen molar-refractivity contribution in [3.05, 3.63) is 87.8 Å². The average Bonchev–Trinajstić information content (AvgIpc) is 2.86. The molecule has 7 heteroatoms. The summed E-state index contributed by atoms with van der Waals surface area (Å²) in [5, 5.41) is 2.95. The van der Waals surface area contributed by atoms with E-state index in [1.165, 1.54) is 17.3 Å². The van der Waals surface area contributed by atoms with E-state index in [4.69, 9.17) is 9.47 Å². The standard InChI is InChI=1S/C27H26N2O4S/c1-17-5-7-18(8-6-17)16-28-26(30)20-10-12-24-21(15-20)29(2)27(31)25(34-24)14-19-9-11-22(32-3)23(13-19)33-4/h5-15H,16H2,1-4H3,(H,28,30). The van der Waals surface area contributed by atoms with Crippen LogP contribution in [0.4, 0.5) is 5.69 Å². The van der Waals surface area contributed by atoms with Gasteiger partial charge in [0.1, 0.15) is 0 Å². The zero-order valence-corrected chi connectivity index (χ0v) is 20.4. The molecule has 0 aromatic heterocycles. The molecule has 0 bridgehead atoms. The van der Waals surface area contributed by atoms with Gasteiger partial charge in [0.15, 0.2) is 11.5 Å². The number of thioether (sulfide) groups is 1. The van der Waals surface area contributed by atoms with Crippen LogP contribution in [-0.2, 0) is 11.3 Å². The summed E-state index contributed by atoms with van der Waals surface area (Å²) in [4.78, 5) is 28.9. The zero-order chi connectivity index (χ0) is 24.2. The minimum absolute atomic E-state index is 0.135. The van der Waals surface area contributed by atoms with Gasteiger partial charge in [-0.15, -0.1) is 0 Å². The Morgan fingerprint density at radius 1 is 1.00 bits per heavy atom. The number of hydrogen-bond acceptors (Lipinski definition) is 5. The van der Waals surface area contributed by atoms with Crippen LogP contribution in [0.5, 0.6) is 11.5 Å². The van der Waals surface area contributed by atoms with Crippen LogP contribution >= 0.6 is 11.8 Å². The molecule has 6 nitrogen and oxygen atoms in total. The highest BCUT2D eigenvalue weighted by Crippen LogP contribution is 2.42. The second-order valence-electron chi connectivity index (χ2n) is 7.94. The molecule has 0 fully saturated rings. The summed E-state index contributed by atoms with van der Waals surface area (Å²) in [6.07, 6.45) is 1.83. The summed E-state index contributed by atoms with van der Waals surface area (Å²) in [6.45, 7) is 2.47. The molecule has 1 aliphatic rings. The van der Waals surface area contributed by atoms with E-state index < -0.39 is 0 Å². The van der Waals surface area contributed by atoms with Gasteiger partial charge in [-0.05, 0) is 54.5 Å². The summed E-state index contributed by atoms with van der Waals surface area (Å²) in [6, 6.07) is 19.0. The van der Waals surface area contributed by atoms with Crippen molar-refractivity contribution in [3.63, 3.8) is 0 Å². The molecule has 174 valence electrons. The van der Waals surface area contributed by atoms with Crippen LogP contribution in [0.15, 0.2) is 70.5 Å². The molecule has 3 aromatic carbocycles. The van der Waals surface area contributed by atoms with Crippen LogP contribution < -0.4 is 19.7 Å². The molecular weight excluding hydrogens is 448 g/mol. The van der Waals surface area contributed by atoms with Gasteiger partial charge < -0.3 is 19.7 Å². The van der Waals surface area contributed by atoms with Crippen LogP contribution in [-0.4, -0.2) is 33.1 Å². The molecule has 0 unspecified atom stereocenters. The topological polar surface area (TPSA) is 67.9 Å². The molecule has 0 radical (unpaired) electrons. The molecule has 1 heterocycles. The number of amides is 2. The summed E-state index contributed by atoms with van der Waals surface area (Å²) >= 11 is 1.39. The fraction of sp³-hybridized carbons (Fsp3) is 0.185. The normalized spacial score (nSPS) is 14.1. The first-order valence-corrected chi connectivity index (χ1v) is 11.6. The number of ether oxygens (including phenoxy) is 2. The molecule has 0 spiro atoms. The molecule has 34 heavy (non-hydrogen) atoms. The van der Waals surface area contributed by atoms with E-state index in [2.05, 4.69) is 5.32 Å². The smallest absolute Gasteiger partial charge is 0.264 e. The summed E-state index contributed by atoms with van der Waals surface area (Å²) in [5.74, 6) is 0.911. The Hall–Kier alpha value is -3.71. The summed E-state index contributed by atoms with van der Waals surface area (Å²) in [5.41, 5.74) is 4.26. The second-order valence-corrected chi connectivity index (χ2v) is 9.02. The Balaban J connectivity index is 1.53. The Morgan fingerprint density at radius 2 is 1.74 bits per heavy atom. The number of nitrogens with one attached hydrogen (secondary N) is 1. The highest BCUT2D eigenvalue weighted by molar-refractivity contribution is 8.04. The number of aryl methyl sites for hydroxylation is 1. The highest BCUT2D eigenvalue weighted by Gasteiger charge is 2.27. The number of anilines is 1. The number of methoxy groups -OCH3 is 2. The van der Waals surface area contributed by atoms with Crippen molar-refractivity contribution in [2.24, 2.45) is 0 Å². The van der Waals surface area contributed by atoms with E-state index in [0.717, 1.165) is 16.0 Å². The van der Waals surface area contributed by atoms with Gasteiger partial charge in [-0.1, -0.05) is 47.7 Å². The first-order chi connectivity index (χ1) is 16.4. The number of carbonyl (C=O) groups is 2. The number of nitrogens with zero attached hydrogens (tertiary/aromatic N) is 1. The molecule has 0 atom stereocenters. The van der Waals surface area contributed by atoms with Crippen LogP contribution in [0.3, 0.4) is 0 Å². The highest BCUT2D eigenvalue weighted by atomic mass is 32.2. The van der Waals surface area contributed by atoms with Gasteiger partial charge in [-0.3, -0.25) is 9.59 Å². The van der Waals surface area contributed by atoms with E-state index in [9.17, 15) is 9.59 Å². The minimum Gasteiger partial charge on any atom is -0.493 e. The maximum atomic E-state index is 13.1. The van der Waals surface area contributed by atoms with Crippen molar-refractivity contribution < 1.29 is 19.1 Å². The van der Waals surface area contributed by atoms with Gasteiger partial charge in [-0.2, -0.15) is 0 Å². The Bertz CT molecular complexity index is 1270. The Labute approximate surface area is 203 Å². The molecule has 3 aromatic rings. The third-order valence-electron chi connectivity index (χ3n) is 5.60. The fourth-order valence-corrected chi connectivity index (χ4v) is 4.71. The lowest BCUT2D eigenvalue weighted by Crippen LogP contribution is -2.31. The molecule has 0 saturated carbocycles. The quantitative estimate of drug-likeness (QED) is 0.507. The SMILES string of the molecule is COc1ccc(C=C2Sc3ccc(C(=O)NCc4ccc(C)cc4)cc3N(C)C2=O)cc1OC. The molecule has 0 saturated heterocycles. The van der Waals surface area contributed by atoms with E-state index >= 15 is 0 Å². The lowest BCUT2D eigenvalue weighted by atomic mass is 10.1. The number of hydrogen-bond donors (Lipinski definition) is 1. The maximum absolute atomic E-state index is 13.1. The van der Waals surface area contributed by atoms with Gasteiger partial charge in [0.2, 0.25) is 0 Å². The van der Waals surface area contributed by atoms with Crippen LogP contribution in [0, 0.1) is 6.92 Å². The lowest BCUT2D eigenvalue weighted by molar-refractivity contribution is -0.114. The lowest BCUT2D eigenvalue weighted by Gasteiger charge is -2.27. The van der Waals surface area contributed by atoms with Crippen LogP contribution in [0.1, 0.15) is 27.0 Å². The van der Waals surface area contributed by atoms with Crippen molar-refractivity contribution in [2.75, 3.05) is 26.2 Å². The average molecular weight is 475 g/mol. The van der Waals surface area contributed by atoms with Gasteiger partial charge in [0.05, 0.1) is 24.8 Å². The fourth-order valence-electron chi connectivity index (χ4n) is 3.62. The maximum Gasteiger partial charge on any atom is 0.264 e. The van der Waals surface area contributed by atoms with Crippen molar-refractivity contribution in [1.29, 1.82) is 0 Å². The van der Waals surface area contributed by atoms with Crippen LogP contribution in [0.2, 0.25) is 0 Å². The largest absolute Gasteiger partial charge is 0.493 e. The predicted molar refractivity (Wildman–Crippen MR) is 136 cm³/mol. The zero-order valence-electron chi connectivity index (χ0n) is 19.5. The minimum atomic E-state index is -0.180. The third kappa shape index (κ3) is 4.94. The first-order valence-electron chi connectivity index (χ1n) is 10.8. The number of likely N-dealkylation sites (N-methyl/N-ethyl adjacent to an activating group) is 1. The summed E-state index contributed by atoms with van der Waals surface area (Å²) < 4.78 is 10.6. The number of benzene rings is 3. The van der Waals surface area contributed by atoms with Crippen molar-refractivity contribution in [3.8, 4) is 11.5 Å². The number of rotatable bonds is 6. The molecule has 2 amide bonds. The first kappa shape index (κ1) is 23.4. The Kier molecular flexibility index (Phi) is 6.93. The second kappa shape index (κ2) is 10.1. The van der Waals surface area contributed by atoms with Gasteiger partial charge in [0.25, 0.3) is 11.8 Å². The van der Waals surface area contributed by atoms with Crippen molar-refractivity contribution in [2.45, 2.75) is 18.4 Å². The molecule has 0 aliphatic carbocycles. The van der Waals surface area contributed by atoms with E-state index in [-0.39, 0.29) is 11.8 Å². The van der Waals surface area contributed by atoms with Crippen molar-refractivity contribution in [1.82, 2.24) is 5.32 Å². The monoisotopic (exact) mass is 474 g/mol. The van der Waals surface area contributed by atoms with Crippen molar-refractivity contribution >= 4 is 35.3 Å². The van der Waals surface area contributed by atoms with E-state index in [1.54, 1.807) is 38.3 Å². The predicted octanol–water partition coefficient (Wildman–Crippen LogP) is 5.05. The van der Waals surface area contributed by atoms with Gasteiger partial charge in [0, 0.05) is 24.1 Å². The number of carbonyl (C=O) groups excluding carboxylic acids is 2. The summed E-state index contributed by atoms with van der Waals surface area (Å²) in [7, 11) is 4.88. The molecule has 1 N–H and O–H groups in total. The third-order valence-corrected chi connectivity index (χ3v) is 6.67. The van der Waals surface area contributed by atoms with Crippen LogP contribution in [0.25, 0.3) is 6.08 Å². The van der Waals surface area contributed by atoms with Gasteiger partial charge in [-0.25, -0.2) is 0 Å². The molecule has 4 rings (SSSR count). The van der Waals surface area contributed by atoms with E-state index in [1.807, 2.05) is 61.5 Å². The molecular formula is C27H26N2O4S. The Morgan fingerprint density at radius 3 is 2.44 bits per heavy atom. The molecule has 1 aliphatic heterocycles.